The van der Waals surface area contributed by atoms with Crippen molar-refractivity contribution in [2.75, 3.05) is 0 Å². The molecular formula is C17H10F4N2O3. The summed E-state index contributed by atoms with van der Waals surface area (Å²) in [6.45, 7) is 0. The predicted molar refractivity (Wildman–Crippen MR) is 82.6 cm³/mol. The topological polar surface area (TPSA) is 75.3 Å². The maximum Gasteiger partial charge on any atom is 0.435 e. The lowest BCUT2D eigenvalue weighted by Gasteiger charge is -2.09. The first-order chi connectivity index (χ1) is 12.2. The number of alkyl halides is 3. The molecule has 0 saturated heterocycles. The number of phenols is 1. The van der Waals surface area contributed by atoms with E-state index in [1.54, 1.807) is 0 Å². The summed E-state index contributed by atoms with van der Waals surface area (Å²) in [6.07, 6.45) is -4.73. The van der Waals surface area contributed by atoms with Crippen LogP contribution in [0, 0.1) is 5.82 Å². The zero-order valence-corrected chi connectivity index (χ0v) is 12.8. The molecule has 0 atom stereocenters. The van der Waals surface area contributed by atoms with E-state index < -0.39 is 35.0 Å². The molecule has 5 nitrogen and oxygen atoms in total. The van der Waals surface area contributed by atoms with E-state index in [1.807, 2.05) is 0 Å². The van der Waals surface area contributed by atoms with Gasteiger partial charge in [-0.1, -0.05) is 0 Å². The average Bonchev–Trinajstić information content (AvgIpc) is 3.01. The van der Waals surface area contributed by atoms with Crippen LogP contribution >= 0.6 is 0 Å². The minimum absolute atomic E-state index is 0.00461. The van der Waals surface area contributed by atoms with E-state index in [9.17, 15) is 27.5 Å². The first kappa shape index (κ1) is 17.5. The molecule has 0 amide bonds. The zero-order chi connectivity index (χ0) is 19.1. The molecule has 2 N–H and O–H groups in total. The van der Waals surface area contributed by atoms with Gasteiger partial charge in [0.25, 0.3) is 0 Å². The maximum atomic E-state index is 13.1. The van der Waals surface area contributed by atoms with E-state index in [1.165, 1.54) is 18.2 Å². The van der Waals surface area contributed by atoms with Crippen LogP contribution in [0.1, 0.15) is 16.1 Å². The van der Waals surface area contributed by atoms with E-state index in [-0.39, 0.29) is 16.9 Å². The van der Waals surface area contributed by atoms with Crippen LogP contribution in [0.4, 0.5) is 17.6 Å². The molecule has 0 unspecified atom stereocenters. The lowest BCUT2D eigenvalue weighted by Crippen LogP contribution is -2.08. The highest BCUT2D eigenvalue weighted by Gasteiger charge is 2.35. The molecule has 9 heteroatoms. The van der Waals surface area contributed by atoms with Crippen LogP contribution in [0.5, 0.6) is 5.75 Å². The molecule has 0 fully saturated rings. The molecule has 26 heavy (non-hydrogen) atoms. The molecule has 134 valence electrons. The van der Waals surface area contributed by atoms with Crippen LogP contribution in [0.2, 0.25) is 0 Å². The molecule has 0 bridgehead atoms. The Bertz CT molecular complexity index is 979. The van der Waals surface area contributed by atoms with Crippen molar-refractivity contribution in [1.29, 1.82) is 0 Å². The van der Waals surface area contributed by atoms with Gasteiger partial charge < -0.3 is 10.2 Å². The second kappa shape index (κ2) is 6.17. The van der Waals surface area contributed by atoms with Gasteiger partial charge in [0.05, 0.1) is 11.4 Å². The van der Waals surface area contributed by atoms with E-state index >= 15 is 0 Å². The van der Waals surface area contributed by atoms with Crippen molar-refractivity contribution >= 4 is 5.97 Å². The predicted octanol–water partition coefficient (Wildman–Crippen LogP) is 4.10. The highest BCUT2D eigenvalue weighted by Crippen LogP contribution is 2.34. The Morgan fingerprint density at radius 1 is 1.04 bits per heavy atom. The number of nitrogens with zero attached hydrogens (tertiary/aromatic N) is 2. The monoisotopic (exact) mass is 366 g/mol. The van der Waals surface area contributed by atoms with Gasteiger partial charge >= 0.3 is 12.1 Å². The quantitative estimate of drug-likeness (QED) is 0.685. The van der Waals surface area contributed by atoms with Gasteiger partial charge in [-0.2, -0.15) is 18.3 Å². The molecule has 0 aliphatic rings. The van der Waals surface area contributed by atoms with Gasteiger partial charge in [0.2, 0.25) is 0 Å². The van der Waals surface area contributed by atoms with Crippen molar-refractivity contribution in [1.82, 2.24) is 9.78 Å². The van der Waals surface area contributed by atoms with Crippen LogP contribution in [0.25, 0.3) is 16.9 Å². The molecule has 3 rings (SSSR count). The second-order valence-corrected chi connectivity index (χ2v) is 5.34. The standard InChI is InChI=1S/C17H10F4N2O3/c18-10-3-1-9(2-4-10)13-8-15(17(19,20)21)22-23(13)11-5-6-14(24)12(7-11)16(25)26/h1-8,24H,(H,25,26). The van der Waals surface area contributed by atoms with Crippen LogP contribution in [-0.4, -0.2) is 26.0 Å². The Hall–Kier alpha value is -3.36. The van der Waals surface area contributed by atoms with E-state index in [0.29, 0.717) is 0 Å². The van der Waals surface area contributed by atoms with Gasteiger partial charge in [0, 0.05) is 5.56 Å². The van der Waals surface area contributed by atoms with Gasteiger partial charge in [0.1, 0.15) is 17.1 Å². The molecule has 0 aliphatic heterocycles. The number of aromatic hydroxyl groups is 1. The van der Waals surface area contributed by atoms with Crippen LogP contribution in [0.3, 0.4) is 0 Å². The SMILES string of the molecule is O=C(O)c1cc(-n2nc(C(F)(F)F)cc2-c2ccc(F)cc2)ccc1O. The summed E-state index contributed by atoms with van der Waals surface area (Å²) in [5, 5.41) is 22.2. The Labute approximate surface area is 143 Å². The van der Waals surface area contributed by atoms with Gasteiger partial charge in [-0.3, -0.25) is 0 Å². The van der Waals surface area contributed by atoms with Crippen LogP contribution in [0.15, 0.2) is 48.5 Å². The highest BCUT2D eigenvalue weighted by molar-refractivity contribution is 5.91. The Kier molecular flexibility index (Phi) is 4.15. The molecular weight excluding hydrogens is 356 g/mol. The number of rotatable bonds is 3. The first-order valence-electron chi connectivity index (χ1n) is 7.16. The fraction of sp³-hybridized carbons (Fsp3) is 0.0588. The summed E-state index contributed by atoms with van der Waals surface area (Å²) in [5.41, 5.74) is -1.45. The summed E-state index contributed by atoms with van der Waals surface area (Å²) in [6, 6.07) is 8.77. The number of benzene rings is 2. The summed E-state index contributed by atoms with van der Waals surface area (Å²) < 4.78 is 53.2. The number of aromatic nitrogens is 2. The number of hydrogen-bond donors (Lipinski definition) is 2. The number of halogens is 4. The van der Waals surface area contributed by atoms with Gasteiger partial charge in [0.15, 0.2) is 5.69 Å². The van der Waals surface area contributed by atoms with Crippen molar-refractivity contribution in [2.24, 2.45) is 0 Å². The van der Waals surface area contributed by atoms with Crippen LogP contribution < -0.4 is 0 Å². The number of aromatic carboxylic acids is 1. The average molecular weight is 366 g/mol. The van der Waals surface area contributed by atoms with Gasteiger partial charge in [-0.15, -0.1) is 0 Å². The maximum absolute atomic E-state index is 13.1. The molecule has 1 heterocycles. The van der Waals surface area contributed by atoms with Gasteiger partial charge in [-0.25, -0.2) is 13.9 Å². The molecule has 2 aromatic carbocycles. The third-order valence-corrected chi connectivity index (χ3v) is 3.59. The van der Waals surface area contributed by atoms with Crippen molar-refractivity contribution in [3.8, 4) is 22.7 Å². The smallest absolute Gasteiger partial charge is 0.435 e. The lowest BCUT2D eigenvalue weighted by molar-refractivity contribution is -0.141. The molecule has 0 radical (unpaired) electrons. The first-order valence-corrected chi connectivity index (χ1v) is 7.16. The summed E-state index contributed by atoms with van der Waals surface area (Å²) >= 11 is 0. The number of carboxylic acid groups (broad SMARTS) is 1. The molecule has 0 spiro atoms. The van der Waals surface area contributed by atoms with Crippen molar-refractivity contribution < 1.29 is 32.6 Å². The normalized spacial score (nSPS) is 11.5. The Balaban J connectivity index is 2.23. The van der Waals surface area contributed by atoms with E-state index in [2.05, 4.69) is 5.10 Å². The third kappa shape index (κ3) is 3.23. The highest BCUT2D eigenvalue weighted by atomic mass is 19.4. The van der Waals surface area contributed by atoms with Crippen molar-refractivity contribution in [2.45, 2.75) is 6.18 Å². The van der Waals surface area contributed by atoms with Crippen molar-refractivity contribution in [3.63, 3.8) is 0 Å². The van der Waals surface area contributed by atoms with E-state index in [4.69, 9.17) is 5.11 Å². The fourth-order valence-corrected chi connectivity index (χ4v) is 2.37. The summed E-state index contributed by atoms with van der Waals surface area (Å²) in [7, 11) is 0. The molecule has 3 aromatic rings. The lowest BCUT2D eigenvalue weighted by atomic mass is 10.1. The summed E-state index contributed by atoms with van der Waals surface area (Å²) in [5.74, 6) is -2.54. The Morgan fingerprint density at radius 3 is 2.27 bits per heavy atom. The number of carbonyl (C=O) groups is 1. The second-order valence-electron chi connectivity index (χ2n) is 5.34. The van der Waals surface area contributed by atoms with E-state index in [0.717, 1.165) is 35.0 Å². The van der Waals surface area contributed by atoms with Gasteiger partial charge in [-0.05, 0) is 48.5 Å². The zero-order valence-electron chi connectivity index (χ0n) is 12.8. The minimum atomic E-state index is -4.73. The van der Waals surface area contributed by atoms with Crippen molar-refractivity contribution in [3.05, 3.63) is 65.6 Å². The van der Waals surface area contributed by atoms with Crippen LogP contribution in [-0.2, 0) is 6.18 Å². The molecule has 0 aliphatic carbocycles. The third-order valence-electron chi connectivity index (χ3n) is 3.59. The summed E-state index contributed by atoms with van der Waals surface area (Å²) in [4.78, 5) is 11.2. The largest absolute Gasteiger partial charge is 0.507 e. The Morgan fingerprint density at radius 2 is 1.69 bits per heavy atom. The number of carboxylic acids is 1. The minimum Gasteiger partial charge on any atom is -0.507 e. The molecule has 0 saturated carbocycles. The number of hydrogen-bond acceptors (Lipinski definition) is 3. The fourth-order valence-electron chi connectivity index (χ4n) is 2.37. The molecule has 1 aromatic heterocycles.